The quantitative estimate of drug-likeness (QED) is 0.658. The summed E-state index contributed by atoms with van der Waals surface area (Å²) in [5.41, 5.74) is 2.46. The number of fused-ring (bicyclic) bond motifs is 1. The second-order valence-electron chi connectivity index (χ2n) is 7.29. The van der Waals surface area contributed by atoms with Gasteiger partial charge in [0.1, 0.15) is 5.82 Å². The SMILES string of the molecule is Cc1ncc(-c2ccc3c(c2)N(c2cncc(C(F)F)c2)C(=O)C3(C)C)cn1. The van der Waals surface area contributed by atoms with Gasteiger partial charge in [-0.2, -0.15) is 0 Å². The summed E-state index contributed by atoms with van der Waals surface area (Å²) in [6, 6.07) is 6.99. The van der Waals surface area contributed by atoms with Crippen LogP contribution in [-0.4, -0.2) is 20.9 Å². The maximum Gasteiger partial charge on any atom is 0.265 e. The van der Waals surface area contributed by atoms with Crippen LogP contribution < -0.4 is 4.90 Å². The summed E-state index contributed by atoms with van der Waals surface area (Å²) in [4.78, 5) is 26.9. The molecule has 0 N–H and O–H groups in total. The van der Waals surface area contributed by atoms with Crippen molar-refractivity contribution in [1.29, 1.82) is 0 Å². The molecular weight excluding hydrogens is 362 g/mol. The highest BCUT2D eigenvalue weighted by atomic mass is 19.3. The van der Waals surface area contributed by atoms with E-state index in [0.717, 1.165) is 22.9 Å². The third-order valence-electron chi connectivity index (χ3n) is 5.02. The number of aromatic nitrogens is 3. The third-order valence-corrected chi connectivity index (χ3v) is 5.02. The number of nitrogens with zero attached hydrogens (tertiary/aromatic N) is 4. The Kier molecular flexibility index (Phi) is 4.18. The molecular formula is C21H18F2N4O. The zero-order valence-corrected chi connectivity index (χ0v) is 15.6. The number of hydrogen-bond acceptors (Lipinski definition) is 4. The predicted molar refractivity (Wildman–Crippen MR) is 102 cm³/mol. The number of hydrogen-bond donors (Lipinski definition) is 0. The fourth-order valence-corrected chi connectivity index (χ4v) is 3.41. The van der Waals surface area contributed by atoms with Crippen LogP contribution in [0.25, 0.3) is 11.1 Å². The Bertz CT molecular complexity index is 1060. The van der Waals surface area contributed by atoms with Gasteiger partial charge >= 0.3 is 0 Å². The highest BCUT2D eigenvalue weighted by Gasteiger charge is 2.44. The largest absolute Gasteiger partial charge is 0.278 e. The molecule has 0 bridgehead atoms. The molecule has 1 aliphatic heterocycles. The van der Waals surface area contributed by atoms with Crippen LogP contribution in [0.2, 0.25) is 0 Å². The van der Waals surface area contributed by atoms with Crippen LogP contribution in [-0.2, 0) is 10.2 Å². The molecule has 0 aliphatic carbocycles. The van der Waals surface area contributed by atoms with Gasteiger partial charge in [0.25, 0.3) is 6.43 Å². The van der Waals surface area contributed by atoms with E-state index >= 15 is 0 Å². The number of amides is 1. The Morgan fingerprint density at radius 1 is 1.00 bits per heavy atom. The van der Waals surface area contributed by atoms with E-state index in [1.165, 1.54) is 17.2 Å². The molecule has 0 saturated carbocycles. The van der Waals surface area contributed by atoms with E-state index in [1.54, 1.807) is 19.3 Å². The summed E-state index contributed by atoms with van der Waals surface area (Å²) < 4.78 is 26.3. The van der Waals surface area contributed by atoms with E-state index in [9.17, 15) is 13.6 Å². The molecule has 142 valence electrons. The topological polar surface area (TPSA) is 59.0 Å². The summed E-state index contributed by atoms with van der Waals surface area (Å²) in [5, 5.41) is 0. The van der Waals surface area contributed by atoms with Crippen LogP contribution in [0.4, 0.5) is 20.2 Å². The van der Waals surface area contributed by atoms with Crippen molar-refractivity contribution in [2.24, 2.45) is 0 Å². The fraction of sp³-hybridized carbons (Fsp3) is 0.238. The standard InChI is InChI=1S/C21H18F2N4O/c1-12-25-9-15(10-26-12)13-4-5-17-18(7-13)27(20(28)21(17,2)3)16-6-14(19(22)23)8-24-11-16/h4-11,19H,1-3H3. The van der Waals surface area contributed by atoms with Crippen molar-refractivity contribution in [3.05, 3.63) is 66.0 Å². The zero-order valence-electron chi connectivity index (χ0n) is 15.6. The normalized spacial score (nSPS) is 15.2. The number of halogens is 2. The number of aryl methyl sites for hydroxylation is 1. The van der Waals surface area contributed by atoms with Crippen molar-refractivity contribution in [2.45, 2.75) is 32.6 Å². The summed E-state index contributed by atoms with van der Waals surface area (Å²) in [7, 11) is 0. The Morgan fingerprint density at radius 2 is 1.71 bits per heavy atom. The van der Waals surface area contributed by atoms with Crippen molar-refractivity contribution in [1.82, 2.24) is 15.0 Å². The minimum atomic E-state index is -2.66. The summed E-state index contributed by atoms with van der Waals surface area (Å²) in [6.07, 6.45) is 3.32. The van der Waals surface area contributed by atoms with Crippen molar-refractivity contribution in [2.75, 3.05) is 4.90 Å². The molecule has 1 amide bonds. The Morgan fingerprint density at radius 3 is 2.39 bits per heavy atom. The van der Waals surface area contributed by atoms with Gasteiger partial charge in [-0.3, -0.25) is 14.7 Å². The number of pyridine rings is 1. The molecule has 0 saturated heterocycles. The summed E-state index contributed by atoms with van der Waals surface area (Å²) in [5.74, 6) is 0.478. The Balaban J connectivity index is 1.87. The third kappa shape index (κ3) is 2.83. The first kappa shape index (κ1) is 18.2. The van der Waals surface area contributed by atoms with E-state index in [2.05, 4.69) is 15.0 Å². The van der Waals surface area contributed by atoms with Gasteiger partial charge in [-0.15, -0.1) is 0 Å². The maximum atomic E-state index is 13.1. The molecule has 0 radical (unpaired) electrons. The first-order valence-electron chi connectivity index (χ1n) is 8.80. The lowest BCUT2D eigenvalue weighted by atomic mass is 9.85. The molecule has 0 fully saturated rings. The first-order valence-corrected chi connectivity index (χ1v) is 8.80. The molecule has 2 aromatic heterocycles. The number of rotatable bonds is 3. The van der Waals surface area contributed by atoms with E-state index in [4.69, 9.17) is 0 Å². The van der Waals surface area contributed by atoms with Gasteiger partial charge in [0.15, 0.2) is 0 Å². The maximum absolute atomic E-state index is 13.1. The van der Waals surface area contributed by atoms with Crippen molar-refractivity contribution in [3.63, 3.8) is 0 Å². The van der Waals surface area contributed by atoms with Crippen LogP contribution in [0.3, 0.4) is 0 Å². The van der Waals surface area contributed by atoms with E-state index < -0.39 is 11.8 Å². The van der Waals surface area contributed by atoms with Crippen LogP contribution >= 0.6 is 0 Å². The Labute approximate surface area is 161 Å². The van der Waals surface area contributed by atoms with E-state index in [-0.39, 0.29) is 11.5 Å². The van der Waals surface area contributed by atoms with Gasteiger partial charge in [-0.25, -0.2) is 18.7 Å². The molecule has 5 nitrogen and oxygen atoms in total. The number of alkyl halides is 2. The number of anilines is 2. The van der Waals surface area contributed by atoms with E-state index in [1.807, 2.05) is 32.0 Å². The molecule has 4 rings (SSSR count). The average molecular weight is 380 g/mol. The number of benzene rings is 1. The van der Waals surface area contributed by atoms with Crippen molar-refractivity contribution < 1.29 is 13.6 Å². The monoisotopic (exact) mass is 380 g/mol. The minimum absolute atomic E-state index is 0.187. The van der Waals surface area contributed by atoms with Gasteiger partial charge in [0.2, 0.25) is 5.91 Å². The second kappa shape index (κ2) is 6.44. The van der Waals surface area contributed by atoms with Crippen molar-refractivity contribution >= 4 is 17.3 Å². The smallest absolute Gasteiger partial charge is 0.265 e. The minimum Gasteiger partial charge on any atom is -0.278 e. The molecule has 3 aromatic rings. The molecule has 7 heteroatoms. The lowest BCUT2D eigenvalue weighted by Gasteiger charge is -2.20. The number of carbonyl (C=O) groups excluding carboxylic acids is 1. The van der Waals surface area contributed by atoms with Crippen LogP contribution in [0.1, 0.15) is 37.2 Å². The predicted octanol–water partition coefficient (Wildman–Crippen LogP) is 4.74. The lowest BCUT2D eigenvalue weighted by Crippen LogP contribution is -2.33. The van der Waals surface area contributed by atoms with Gasteiger partial charge in [-0.1, -0.05) is 12.1 Å². The van der Waals surface area contributed by atoms with Gasteiger partial charge < -0.3 is 0 Å². The highest BCUT2D eigenvalue weighted by Crippen LogP contribution is 2.46. The van der Waals surface area contributed by atoms with Crippen LogP contribution in [0, 0.1) is 6.92 Å². The first-order chi connectivity index (χ1) is 13.3. The molecule has 0 spiro atoms. The van der Waals surface area contributed by atoms with Gasteiger partial charge in [-0.05, 0) is 44.0 Å². The molecule has 1 aliphatic rings. The molecule has 1 aromatic carbocycles. The van der Waals surface area contributed by atoms with Crippen LogP contribution in [0.5, 0.6) is 0 Å². The number of carbonyl (C=O) groups is 1. The molecule has 0 unspecified atom stereocenters. The van der Waals surface area contributed by atoms with E-state index in [0.29, 0.717) is 17.2 Å². The summed E-state index contributed by atoms with van der Waals surface area (Å²) in [6.45, 7) is 5.46. The van der Waals surface area contributed by atoms with Gasteiger partial charge in [0.05, 0.1) is 23.0 Å². The van der Waals surface area contributed by atoms with Crippen LogP contribution in [0.15, 0.2) is 49.1 Å². The van der Waals surface area contributed by atoms with Gasteiger partial charge in [0, 0.05) is 29.7 Å². The van der Waals surface area contributed by atoms with Crippen molar-refractivity contribution in [3.8, 4) is 11.1 Å². The zero-order chi connectivity index (χ0) is 20.1. The fourth-order valence-electron chi connectivity index (χ4n) is 3.41. The highest BCUT2D eigenvalue weighted by molar-refractivity contribution is 6.12. The molecule has 3 heterocycles. The summed E-state index contributed by atoms with van der Waals surface area (Å²) >= 11 is 0. The lowest BCUT2D eigenvalue weighted by molar-refractivity contribution is -0.121. The second-order valence-corrected chi connectivity index (χ2v) is 7.29. The molecule has 28 heavy (non-hydrogen) atoms. The molecule has 0 atom stereocenters. The Hall–Kier alpha value is -3.22. The average Bonchev–Trinajstić information content (AvgIpc) is 2.88.